The summed E-state index contributed by atoms with van der Waals surface area (Å²) >= 11 is 0. The van der Waals surface area contributed by atoms with Crippen molar-refractivity contribution in [1.82, 2.24) is 19.5 Å². The van der Waals surface area contributed by atoms with Crippen molar-refractivity contribution in [2.75, 3.05) is 27.0 Å². The van der Waals surface area contributed by atoms with Gasteiger partial charge in [-0.15, -0.1) is 5.01 Å². The molecule has 4 rings (SSSR count). The van der Waals surface area contributed by atoms with Crippen molar-refractivity contribution in [3.8, 4) is 16.9 Å². The van der Waals surface area contributed by atoms with E-state index in [-0.39, 0.29) is 40.8 Å². The number of hydrazine groups is 1. The lowest BCUT2D eigenvalue weighted by Crippen LogP contribution is -2.46. The van der Waals surface area contributed by atoms with Crippen molar-refractivity contribution in [1.29, 1.82) is 0 Å². The molecular formula is C26H27F3N6O8S. The number of nitrogens with one attached hydrogen (secondary N) is 1. The summed E-state index contributed by atoms with van der Waals surface area (Å²) in [6, 6.07) is 12.5. The van der Waals surface area contributed by atoms with Crippen LogP contribution in [0.5, 0.6) is 0 Å². The van der Waals surface area contributed by atoms with Crippen LogP contribution in [0.2, 0.25) is 0 Å². The van der Waals surface area contributed by atoms with Crippen molar-refractivity contribution < 1.29 is 50.5 Å². The van der Waals surface area contributed by atoms with Crippen LogP contribution in [-0.4, -0.2) is 67.2 Å². The zero-order valence-electron chi connectivity index (χ0n) is 23.4. The van der Waals surface area contributed by atoms with Crippen molar-refractivity contribution in [2.45, 2.75) is 30.8 Å². The number of piperidine rings is 1. The number of sulfonamides is 1. The molecule has 44 heavy (non-hydrogen) atoms. The first-order chi connectivity index (χ1) is 20.8. The van der Waals surface area contributed by atoms with E-state index in [0.29, 0.717) is 12.0 Å². The number of benzene rings is 2. The van der Waals surface area contributed by atoms with Gasteiger partial charge in [-0.1, -0.05) is 29.8 Å². The van der Waals surface area contributed by atoms with Crippen LogP contribution in [0.3, 0.4) is 0 Å². The number of alkyl halides is 3. The number of nitrogens with zero attached hydrogens (tertiary/aromatic N) is 5. The molecule has 1 unspecified atom stereocenters. The summed E-state index contributed by atoms with van der Waals surface area (Å²) in [6.45, 7) is 1.15. The third kappa shape index (κ3) is 7.74. The lowest BCUT2D eigenvalue weighted by molar-refractivity contribution is -0.714. The van der Waals surface area contributed by atoms with E-state index in [0.717, 1.165) is 40.6 Å². The zero-order valence-corrected chi connectivity index (χ0v) is 24.2. The Morgan fingerprint density at radius 2 is 1.84 bits per heavy atom. The fourth-order valence-corrected chi connectivity index (χ4v) is 5.32. The first-order valence-corrected chi connectivity index (χ1v) is 14.4. The molecule has 236 valence electrons. The number of ether oxygens (including phenoxy) is 2. The molecule has 18 heteroatoms. The molecule has 1 aromatic heterocycles. The van der Waals surface area contributed by atoms with E-state index in [1.165, 1.54) is 12.1 Å². The summed E-state index contributed by atoms with van der Waals surface area (Å²) in [5.74, 6) is -1.77. The van der Waals surface area contributed by atoms with E-state index in [4.69, 9.17) is 0 Å². The predicted molar refractivity (Wildman–Crippen MR) is 144 cm³/mol. The third-order valence-corrected chi connectivity index (χ3v) is 7.87. The van der Waals surface area contributed by atoms with Crippen molar-refractivity contribution in [3.05, 3.63) is 71.1 Å². The fraction of sp³-hybridized carbons (Fsp3) is 0.346. The van der Waals surface area contributed by atoms with Crippen molar-refractivity contribution in [2.24, 2.45) is 11.2 Å². The molecular weight excluding hydrogens is 613 g/mol. The molecule has 3 aromatic rings. The van der Waals surface area contributed by atoms with Crippen LogP contribution in [0.25, 0.3) is 16.9 Å². The largest absolute Gasteiger partial charge is 0.569 e. The van der Waals surface area contributed by atoms with Gasteiger partial charge in [0, 0.05) is 5.56 Å². The van der Waals surface area contributed by atoms with E-state index in [9.17, 15) is 36.4 Å². The smallest absolute Gasteiger partial charge is 0.510 e. The number of methoxy groups -OCH3 is 1. The van der Waals surface area contributed by atoms with Gasteiger partial charge in [0.1, 0.15) is 0 Å². The first-order valence-electron chi connectivity index (χ1n) is 13.0. The lowest BCUT2D eigenvalue weighted by atomic mass is 9.99. The maximum Gasteiger partial charge on any atom is 0.510 e. The summed E-state index contributed by atoms with van der Waals surface area (Å²) in [6.07, 6.45) is -5.13. The molecule has 2 heterocycles. The number of aryl methyl sites for hydroxylation is 1. The van der Waals surface area contributed by atoms with Crippen LogP contribution in [0.15, 0.2) is 64.8 Å². The summed E-state index contributed by atoms with van der Waals surface area (Å²) in [4.78, 5) is 28.0. The molecule has 14 nitrogen and oxygen atoms in total. The maximum absolute atomic E-state index is 13.5. The molecule has 1 aliphatic rings. The minimum atomic E-state index is -4.71. The van der Waals surface area contributed by atoms with Gasteiger partial charge in [-0.25, -0.2) is 22.6 Å². The molecule has 1 aliphatic heterocycles. The average Bonchev–Trinajstić information content (AvgIpc) is 3.46. The summed E-state index contributed by atoms with van der Waals surface area (Å²) in [7, 11) is -3.31. The van der Waals surface area contributed by atoms with Gasteiger partial charge >= 0.3 is 12.3 Å². The average molecular weight is 641 g/mol. The number of hydrogen-bond acceptors (Lipinski definition) is 10. The number of amides is 1. The van der Waals surface area contributed by atoms with Crippen LogP contribution in [0, 0.1) is 18.0 Å². The topological polar surface area (TPSA) is 167 Å². The van der Waals surface area contributed by atoms with E-state index >= 15 is 0 Å². The highest BCUT2D eigenvalue weighted by molar-refractivity contribution is 7.90. The molecule has 2 aromatic carbocycles. The van der Waals surface area contributed by atoms with Gasteiger partial charge in [-0.2, -0.15) is 18.3 Å². The minimum Gasteiger partial charge on any atom is -0.569 e. The predicted octanol–water partition coefficient (Wildman–Crippen LogP) is 3.93. The van der Waals surface area contributed by atoms with Crippen LogP contribution < -0.4 is 4.72 Å². The van der Waals surface area contributed by atoms with Gasteiger partial charge in [-0.3, -0.25) is 4.79 Å². The van der Waals surface area contributed by atoms with Gasteiger partial charge in [0.15, 0.2) is 5.69 Å². The van der Waals surface area contributed by atoms with Gasteiger partial charge < -0.3 is 19.5 Å². The van der Waals surface area contributed by atoms with E-state index in [2.05, 4.69) is 24.7 Å². The Hall–Kier alpha value is -4.87. The van der Waals surface area contributed by atoms with Gasteiger partial charge in [0.05, 0.1) is 47.4 Å². The normalized spacial score (nSPS) is 15.9. The van der Waals surface area contributed by atoms with E-state index < -0.39 is 46.7 Å². The minimum absolute atomic E-state index is 0.0532. The third-order valence-electron chi connectivity index (χ3n) is 6.51. The summed E-state index contributed by atoms with van der Waals surface area (Å²) in [5.41, 5.74) is 0.551. The molecule has 1 N–H and O–H groups in total. The SMILES string of the molecule is COC(=O)OCO/N=[N+](/[O-])N1CCCC(C(=O)NS(=O)(=O)c2ccc(-n3nc(C(F)(F)F)cc3-c3ccc(C)cc3)cc2)C1. The standard InChI is InChI=1S/C26H27F3N6O8S/c1-17-5-7-18(8-6-17)22-14-23(26(27,28)29)30-34(22)20-9-11-21(12-10-20)44(39,40)31-24(36)19-4-3-13-33(15-19)35(38)32-43-16-42-25(37)41-2/h5-12,14,19H,3-4,13,15-16H2,1-2H3,(H,31,36)/b35-32+. The maximum atomic E-state index is 13.5. The summed E-state index contributed by atoms with van der Waals surface area (Å²) in [5, 5.41) is 20.2. The molecule has 1 fully saturated rings. The monoisotopic (exact) mass is 640 g/mol. The van der Waals surface area contributed by atoms with Gasteiger partial charge in [-0.05, 0) is 50.1 Å². The highest BCUT2D eigenvalue weighted by Gasteiger charge is 2.36. The van der Waals surface area contributed by atoms with Crippen LogP contribution in [0.4, 0.5) is 18.0 Å². The van der Waals surface area contributed by atoms with Crippen LogP contribution >= 0.6 is 0 Å². The van der Waals surface area contributed by atoms with E-state index in [1.54, 1.807) is 24.3 Å². The van der Waals surface area contributed by atoms with Crippen LogP contribution in [-0.2, 0) is 35.3 Å². The highest BCUT2D eigenvalue weighted by atomic mass is 32.2. The number of halogens is 3. The molecule has 1 saturated heterocycles. The Balaban J connectivity index is 1.46. The quantitative estimate of drug-likeness (QED) is 0.0904. The van der Waals surface area contributed by atoms with Gasteiger partial charge in [0.25, 0.3) is 16.8 Å². The number of carbonyl (C=O) groups is 2. The lowest BCUT2D eigenvalue weighted by Gasteiger charge is -2.27. The number of carbonyl (C=O) groups excluding carboxylic acids is 2. The number of hydrogen-bond donors (Lipinski definition) is 1. The van der Waals surface area contributed by atoms with Gasteiger partial charge in [0.2, 0.25) is 11.2 Å². The molecule has 1 atom stereocenters. The molecule has 0 bridgehead atoms. The van der Waals surface area contributed by atoms with Crippen molar-refractivity contribution >= 4 is 22.1 Å². The Kier molecular flexibility index (Phi) is 9.61. The van der Waals surface area contributed by atoms with Crippen molar-refractivity contribution in [3.63, 3.8) is 0 Å². The zero-order chi connectivity index (χ0) is 32.1. The first kappa shape index (κ1) is 32.1. The highest BCUT2D eigenvalue weighted by Crippen LogP contribution is 2.33. The number of aromatic nitrogens is 2. The molecule has 0 aliphatic carbocycles. The number of rotatable bonds is 9. The summed E-state index contributed by atoms with van der Waals surface area (Å²) < 4.78 is 78.1. The second-order valence-corrected chi connectivity index (χ2v) is 11.3. The molecule has 0 saturated carbocycles. The Morgan fingerprint density at radius 3 is 2.48 bits per heavy atom. The molecule has 0 spiro atoms. The fourth-order valence-electron chi connectivity index (χ4n) is 4.27. The Morgan fingerprint density at radius 1 is 1.16 bits per heavy atom. The second-order valence-electron chi connectivity index (χ2n) is 9.59. The van der Waals surface area contributed by atoms with E-state index in [1.807, 2.05) is 11.6 Å². The Labute approximate surface area is 249 Å². The molecule has 1 amide bonds. The Bertz CT molecular complexity index is 1630. The van der Waals surface area contributed by atoms with Crippen LogP contribution in [0.1, 0.15) is 24.1 Å². The second kappa shape index (κ2) is 13.2. The molecule has 0 radical (unpaired) electrons.